The Morgan fingerprint density at radius 1 is 1.12 bits per heavy atom. The van der Waals surface area contributed by atoms with Gasteiger partial charge in [0.15, 0.2) is 0 Å². The first-order valence-electron chi connectivity index (χ1n) is 10.9. The molecule has 0 saturated carbocycles. The second-order valence-corrected chi connectivity index (χ2v) is 7.79. The highest BCUT2D eigenvalue weighted by molar-refractivity contribution is 6.07. The second kappa shape index (κ2) is 11.3. The van der Waals surface area contributed by atoms with Gasteiger partial charge in [0, 0.05) is 11.8 Å². The summed E-state index contributed by atoms with van der Waals surface area (Å²) in [7, 11) is 0. The number of aryl methyl sites for hydroxylation is 1. The molecule has 0 aliphatic heterocycles. The number of hydrogen-bond donors (Lipinski definition) is 1. The van der Waals surface area contributed by atoms with Crippen molar-refractivity contribution in [3.8, 4) is 0 Å². The van der Waals surface area contributed by atoms with Crippen LogP contribution in [0.15, 0.2) is 79.2 Å². The molecule has 0 bridgehead atoms. The summed E-state index contributed by atoms with van der Waals surface area (Å²) < 4.78 is 7.28. The fourth-order valence-corrected chi connectivity index (χ4v) is 3.18. The SMILES string of the molecule is C=C(O)[C@@H](C)OCc1ccc(/C=C/Cn2ccc(C(=O)c3ccc(CCC)cc3)n2)cc1. The van der Waals surface area contributed by atoms with Crippen molar-refractivity contribution in [1.29, 1.82) is 0 Å². The van der Waals surface area contributed by atoms with Crippen LogP contribution in [0.5, 0.6) is 0 Å². The first kappa shape index (κ1) is 23.2. The number of nitrogens with zero attached hydrogens (tertiary/aromatic N) is 2. The average molecular weight is 431 g/mol. The summed E-state index contributed by atoms with van der Waals surface area (Å²) >= 11 is 0. The summed E-state index contributed by atoms with van der Waals surface area (Å²) in [5, 5.41) is 13.7. The standard InChI is InChI=1S/C27H30N2O3/c1-4-6-22-12-14-25(15-13-22)27(31)26-16-18-29(28-26)17-5-7-23-8-10-24(11-9-23)19-32-21(3)20(2)30/h5,7-16,18,21,30H,2,4,6,17,19H2,1,3H3/b7-5+/t21-/m1/s1. The van der Waals surface area contributed by atoms with Crippen LogP contribution in [0.25, 0.3) is 6.08 Å². The maximum absolute atomic E-state index is 12.7. The molecule has 3 rings (SSSR count). The van der Waals surface area contributed by atoms with Gasteiger partial charge in [0.2, 0.25) is 5.78 Å². The Hall–Kier alpha value is -3.44. The molecule has 32 heavy (non-hydrogen) atoms. The second-order valence-electron chi connectivity index (χ2n) is 7.79. The summed E-state index contributed by atoms with van der Waals surface area (Å²) in [5.74, 6) is -0.0365. The van der Waals surface area contributed by atoms with Crippen molar-refractivity contribution in [3.63, 3.8) is 0 Å². The number of aliphatic hydroxyl groups is 1. The largest absolute Gasteiger partial charge is 0.510 e. The lowest BCUT2D eigenvalue weighted by atomic mass is 10.0. The van der Waals surface area contributed by atoms with E-state index in [1.807, 2.05) is 66.9 Å². The van der Waals surface area contributed by atoms with Gasteiger partial charge in [-0.25, -0.2) is 0 Å². The van der Waals surface area contributed by atoms with E-state index < -0.39 is 0 Å². The van der Waals surface area contributed by atoms with Crippen LogP contribution in [-0.4, -0.2) is 26.8 Å². The van der Waals surface area contributed by atoms with E-state index in [2.05, 4.69) is 18.6 Å². The smallest absolute Gasteiger partial charge is 0.213 e. The third-order valence-corrected chi connectivity index (χ3v) is 5.18. The average Bonchev–Trinajstić information content (AvgIpc) is 3.27. The summed E-state index contributed by atoms with van der Waals surface area (Å²) in [4.78, 5) is 12.7. The van der Waals surface area contributed by atoms with Crippen LogP contribution in [0.1, 0.15) is 53.0 Å². The number of ether oxygens (including phenoxy) is 1. The normalized spacial score (nSPS) is 12.2. The number of carbonyl (C=O) groups is 1. The number of hydrogen-bond acceptors (Lipinski definition) is 4. The molecule has 0 radical (unpaired) electrons. The maximum atomic E-state index is 12.7. The zero-order valence-corrected chi connectivity index (χ0v) is 18.7. The van der Waals surface area contributed by atoms with Crippen LogP contribution < -0.4 is 0 Å². The fraction of sp³-hybridized carbons (Fsp3) is 0.259. The quantitative estimate of drug-likeness (QED) is 0.310. The maximum Gasteiger partial charge on any atom is 0.213 e. The zero-order valence-electron chi connectivity index (χ0n) is 18.7. The van der Waals surface area contributed by atoms with Gasteiger partial charge in [-0.3, -0.25) is 9.48 Å². The molecule has 0 unspecified atom stereocenters. The number of benzene rings is 2. The molecule has 1 atom stereocenters. The van der Waals surface area contributed by atoms with Crippen LogP contribution in [0, 0.1) is 0 Å². The molecule has 0 spiro atoms. The number of carbonyl (C=O) groups excluding carboxylic acids is 1. The molecule has 0 amide bonds. The summed E-state index contributed by atoms with van der Waals surface area (Å²) in [6.45, 7) is 8.36. The van der Waals surface area contributed by atoms with Gasteiger partial charge in [0.05, 0.1) is 13.2 Å². The molecule has 5 heteroatoms. The van der Waals surface area contributed by atoms with Crippen molar-refractivity contribution in [2.45, 2.75) is 45.9 Å². The minimum absolute atomic E-state index is 0.0258. The summed E-state index contributed by atoms with van der Waals surface area (Å²) in [6.07, 6.45) is 7.55. The third-order valence-electron chi connectivity index (χ3n) is 5.18. The van der Waals surface area contributed by atoms with E-state index in [1.165, 1.54) is 5.56 Å². The number of rotatable bonds is 11. The first-order chi connectivity index (χ1) is 15.5. The lowest BCUT2D eigenvalue weighted by Crippen LogP contribution is -2.10. The van der Waals surface area contributed by atoms with Crippen LogP contribution in [-0.2, 0) is 24.3 Å². The molecule has 1 heterocycles. The Bertz CT molecular complexity index is 1060. The van der Waals surface area contributed by atoms with Gasteiger partial charge in [0.25, 0.3) is 0 Å². The van der Waals surface area contributed by atoms with Crippen LogP contribution in [0.2, 0.25) is 0 Å². The highest BCUT2D eigenvalue weighted by Crippen LogP contribution is 2.12. The molecule has 0 saturated heterocycles. The summed E-state index contributed by atoms with van der Waals surface area (Å²) in [5.41, 5.74) is 4.43. The van der Waals surface area contributed by atoms with E-state index in [9.17, 15) is 9.90 Å². The molecule has 1 N–H and O–H groups in total. The highest BCUT2D eigenvalue weighted by atomic mass is 16.5. The number of allylic oxidation sites excluding steroid dienone is 1. The number of ketones is 1. The molecule has 0 aliphatic rings. The molecule has 3 aromatic rings. The number of aromatic nitrogens is 2. The molecular formula is C27H30N2O3. The first-order valence-corrected chi connectivity index (χ1v) is 10.9. The fourth-order valence-electron chi connectivity index (χ4n) is 3.18. The molecule has 2 aromatic carbocycles. The Morgan fingerprint density at radius 2 is 1.81 bits per heavy atom. The van der Waals surface area contributed by atoms with E-state index in [0.29, 0.717) is 24.4 Å². The minimum atomic E-state index is -0.388. The lowest BCUT2D eigenvalue weighted by molar-refractivity contribution is 0.0499. The molecular weight excluding hydrogens is 400 g/mol. The van der Waals surface area contributed by atoms with E-state index in [0.717, 1.165) is 24.0 Å². The van der Waals surface area contributed by atoms with Crippen molar-refractivity contribution in [2.75, 3.05) is 0 Å². The van der Waals surface area contributed by atoms with E-state index in [-0.39, 0.29) is 17.6 Å². The van der Waals surface area contributed by atoms with Crippen molar-refractivity contribution in [1.82, 2.24) is 9.78 Å². The van der Waals surface area contributed by atoms with Gasteiger partial charge in [-0.1, -0.05) is 80.6 Å². The van der Waals surface area contributed by atoms with Crippen molar-refractivity contribution in [2.24, 2.45) is 0 Å². The minimum Gasteiger partial charge on any atom is -0.510 e. The van der Waals surface area contributed by atoms with Gasteiger partial charge >= 0.3 is 0 Å². The Kier molecular flexibility index (Phi) is 8.17. The van der Waals surface area contributed by atoms with Crippen LogP contribution >= 0.6 is 0 Å². The van der Waals surface area contributed by atoms with Crippen LogP contribution in [0.3, 0.4) is 0 Å². The Morgan fingerprint density at radius 3 is 2.47 bits per heavy atom. The van der Waals surface area contributed by atoms with Crippen molar-refractivity contribution in [3.05, 3.63) is 107 Å². The molecule has 166 valence electrons. The predicted octanol–water partition coefficient (Wildman–Crippen LogP) is 5.76. The monoisotopic (exact) mass is 430 g/mol. The van der Waals surface area contributed by atoms with E-state index in [1.54, 1.807) is 17.7 Å². The van der Waals surface area contributed by atoms with Gasteiger partial charge in [-0.15, -0.1) is 0 Å². The molecule has 0 aliphatic carbocycles. The van der Waals surface area contributed by atoms with Crippen LogP contribution in [0.4, 0.5) is 0 Å². The van der Waals surface area contributed by atoms with Gasteiger partial charge < -0.3 is 9.84 Å². The van der Waals surface area contributed by atoms with Crippen molar-refractivity contribution >= 4 is 11.9 Å². The van der Waals surface area contributed by atoms with Gasteiger partial charge in [0.1, 0.15) is 17.6 Å². The van der Waals surface area contributed by atoms with Gasteiger partial charge in [-0.05, 0) is 36.1 Å². The third kappa shape index (κ3) is 6.53. The highest BCUT2D eigenvalue weighted by Gasteiger charge is 2.12. The molecule has 1 aromatic heterocycles. The zero-order chi connectivity index (χ0) is 22.9. The lowest BCUT2D eigenvalue weighted by Gasteiger charge is -2.11. The Balaban J connectivity index is 1.53. The summed E-state index contributed by atoms with van der Waals surface area (Å²) in [6, 6.07) is 17.5. The Labute approximate surface area is 189 Å². The van der Waals surface area contributed by atoms with E-state index in [4.69, 9.17) is 4.74 Å². The van der Waals surface area contributed by atoms with Gasteiger partial charge in [-0.2, -0.15) is 5.10 Å². The molecule has 5 nitrogen and oxygen atoms in total. The molecule has 0 fully saturated rings. The predicted molar refractivity (Wildman–Crippen MR) is 128 cm³/mol. The number of aliphatic hydroxyl groups excluding tert-OH is 1. The van der Waals surface area contributed by atoms with Crippen molar-refractivity contribution < 1.29 is 14.6 Å². The topological polar surface area (TPSA) is 64.3 Å². The van der Waals surface area contributed by atoms with E-state index >= 15 is 0 Å².